The molecule has 3 heterocycles. The Kier molecular flexibility index (Phi) is 4.22. The third kappa shape index (κ3) is 3.02. The molecule has 0 spiro atoms. The Morgan fingerprint density at radius 2 is 1.93 bits per heavy atom. The second kappa shape index (κ2) is 6.91. The van der Waals surface area contributed by atoms with Crippen LogP contribution in [0.25, 0.3) is 26.4 Å². The van der Waals surface area contributed by atoms with Gasteiger partial charge in [0.15, 0.2) is 10.1 Å². The molecule has 142 valence electrons. The van der Waals surface area contributed by atoms with Gasteiger partial charge >= 0.3 is 0 Å². The summed E-state index contributed by atoms with van der Waals surface area (Å²) < 4.78 is 2.46. The fourth-order valence-electron chi connectivity index (χ4n) is 3.16. The lowest BCUT2D eigenvalue weighted by molar-refractivity contribution is 0.102. The fourth-order valence-corrected chi connectivity index (χ4v) is 4.96. The Morgan fingerprint density at radius 1 is 1.10 bits per heavy atom. The average Bonchev–Trinajstić information content (AvgIpc) is 3.34. The molecule has 5 rings (SSSR count). The zero-order valence-electron chi connectivity index (χ0n) is 15.2. The van der Waals surface area contributed by atoms with Gasteiger partial charge < -0.3 is 0 Å². The van der Waals surface area contributed by atoms with Gasteiger partial charge in [0.2, 0.25) is 0 Å². The molecule has 2 aromatic carbocycles. The van der Waals surface area contributed by atoms with Crippen LogP contribution in [0.5, 0.6) is 0 Å². The van der Waals surface area contributed by atoms with Crippen LogP contribution in [0.15, 0.2) is 64.9 Å². The summed E-state index contributed by atoms with van der Waals surface area (Å²) in [5.41, 5.74) is 3.07. The fraction of sp³-hybridized carbons (Fsp3) is 0.0476. The van der Waals surface area contributed by atoms with Crippen LogP contribution in [-0.2, 0) is 0 Å². The number of hydrogen-bond donors (Lipinski definition) is 1. The van der Waals surface area contributed by atoms with E-state index in [4.69, 9.17) is 0 Å². The van der Waals surface area contributed by atoms with Crippen molar-refractivity contribution in [2.45, 2.75) is 6.92 Å². The first-order chi connectivity index (χ1) is 14.1. The quantitative estimate of drug-likeness (QED) is 0.465. The van der Waals surface area contributed by atoms with E-state index in [2.05, 4.69) is 15.3 Å². The molecule has 0 saturated carbocycles. The number of hydrogen-bond acceptors (Lipinski definition) is 6. The SMILES string of the molecule is Cc1cccc2sc(NC(=O)c3cnc4scc(-c5ccccc5)n4c3=O)nc12. The van der Waals surface area contributed by atoms with Crippen LogP contribution in [0.3, 0.4) is 0 Å². The van der Waals surface area contributed by atoms with E-state index in [0.717, 1.165) is 21.3 Å². The van der Waals surface area contributed by atoms with Crippen LogP contribution in [0.2, 0.25) is 0 Å². The summed E-state index contributed by atoms with van der Waals surface area (Å²) in [7, 11) is 0. The molecule has 0 aliphatic rings. The van der Waals surface area contributed by atoms with Crippen LogP contribution >= 0.6 is 22.7 Å². The summed E-state index contributed by atoms with van der Waals surface area (Å²) in [5, 5.41) is 5.08. The van der Waals surface area contributed by atoms with E-state index in [1.165, 1.54) is 33.3 Å². The second-order valence-corrected chi connectivity index (χ2v) is 8.34. The lowest BCUT2D eigenvalue weighted by Crippen LogP contribution is -2.26. The topological polar surface area (TPSA) is 76.4 Å². The minimum absolute atomic E-state index is 0.0194. The number of nitrogens with zero attached hydrogens (tertiary/aromatic N) is 3. The van der Waals surface area contributed by atoms with Gasteiger partial charge in [-0.1, -0.05) is 53.8 Å². The maximum absolute atomic E-state index is 13.1. The van der Waals surface area contributed by atoms with Crippen molar-refractivity contribution in [3.63, 3.8) is 0 Å². The largest absolute Gasteiger partial charge is 0.298 e. The third-order valence-corrected chi connectivity index (χ3v) is 6.38. The van der Waals surface area contributed by atoms with Gasteiger partial charge in [-0.3, -0.25) is 19.3 Å². The predicted molar refractivity (Wildman–Crippen MR) is 117 cm³/mol. The van der Waals surface area contributed by atoms with Gasteiger partial charge in [-0.15, -0.1) is 11.3 Å². The lowest BCUT2D eigenvalue weighted by Gasteiger charge is -2.04. The standard InChI is InChI=1S/C21H14N4O2S2/c1-12-6-5-9-16-17(12)23-20(29-16)24-18(26)14-10-22-21-25(19(14)27)15(11-28-21)13-7-3-2-4-8-13/h2-11H,1H3,(H,23,24,26). The van der Waals surface area contributed by atoms with Crippen molar-refractivity contribution >= 4 is 48.9 Å². The summed E-state index contributed by atoms with van der Waals surface area (Å²) >= 11 is 2.74. The molecule has 0 unspecified atom stereocenters. The molecular weight excluding hydrogens is 404 g/mol. The highest BCUT2D eigenvalue weighted by atomic mass is 32.1. The van der Waals surface area contributed by atoms with Crippen molar-refractivity contribution in [1.82, 2.24) is 14.4 Å². The summed E-state index contributed by atoms with van der Waals surface area (Å²) in [6.07, 6.45) is 1.33. The van der Waals surface area contributed by atoms with E-state index < -0.39 is 11.5 Å². The number of fused-ring (bicyclic) bond motifs is 2. The van der Waals surface area contributed by atoms with Gasteiger partial charge in [0.1, 0.15) is 5.56 Å². The number of anilines is 1. The smallest absolute Gasteiger partial charge is 0.271 e. The molecule has 3 aromatic heterocycles. The zero-order valence-corrected chi connectivity index (χ0v) is 16.9. The number of amides is 1. The van der Waals surface area contributed by atoms with E-state index in [1.54, 1.807) is 0 Å². The molecule has 0 fully saturated rings. The maximum Gasteiger partial charge on any atom is 0.271 e. The Bertz CT molecular complexity index is 1430. The highest BCUT2D eigenvalue weighted by molar-refractivity contribution is 7.22. The molecule has 1 N–H and O–H groups in total. The molecule has 0 atom stereocenters. The molecule has 6 nitrogen and oxygen atoms in total. The summed E-state index contributed by atoms with van der Waals surface area (Å²) in [5.74, 6) is -0.515. The number of carbonyl (C=O) groups excluding carboxylic acids is 1. The molecule has 0 radical (unpaired) electrons. The third-order valence-electron chi connectivity index (χ3n) is 4.60. The van der Waals surface area contributed by atoms with Crippen molar-refractivity contribution in [1.29, 1.82) is 0 Å². The number of thiazole rings is 2. The van der Waals surface area contributed by atoms with Crippen LogP contribution in [-0.4, -0.2) is 20.3 Å². The van der Waals surface area contributed by atoms with Crippen LogP contribution in [0.1, 0.15) is 15.9 Å². The monoisotopic (exact) mass is 418 g/mol. The molecule has 0 bridgehead atoms. The van der Waals surface area contributed by atoms with E-state index >= 15 is 0 Å². The van der Waals surface area contributed by atoms with Gasteiger partial charge in [-0.2, -0.15) is 0 Å². The van der Waals surface area contributed by atoms with Gasteiger partial charge in [-0.05, 0) is 24.1 Å². The molecule has 29 heavy (non-hydrogen) atoms. The molecule has 1 amide bonds. The zero-order chi connectivity index (χ0) is 20.0. The molecule has 0 aliphatic heterocycles. The Hall–Kier alpha value is -3.36. The number of benzene rings is 2. The first-order valence-corrected chi connectivity index (χ1v) is 10.5. The minimum atomic E-state index is -0.515. The van der Waals surface area contributed by atoms with E-state index in [0.29, 0.717) is 15.8 Å². The molecular formula is C21H14N4O2S2. The first kappa shape index (κ1) is 17.7. The minimum Gasteiger partial charge on any atom is -0.298 e. The summed E-state index contributed by atoms with van der Waals surface area (Å²) in [6.45, 7) is 1.97. The Balaban J connectivity index is 1.56. The van der Waals surface area contributed by atoms with Crippen molar-refractivity contribution in [3.8, 4) is 11.3 Å². The number of carbonyl (C=O) groups is 1. The maximum atomic E-state index is 13.1. The number of aryl methyl sites for hydroxylation is 1. The molecule has 0 saturated heterocycles. The van der Waals surface area contributed by atoms with Crippen LogP contribution < -0.4 is 10.9 Å². The summed E-state index contributed by atoms with van der Waals surface area (Å²) in [6, 6.07) is 15.4. The van der Waals surface area contributed by atoms with Crippen LogP contribution in [0, 0.1) is 6.92 Å². The van der Waals surface area contributed by atoms with Crippen molar-refractivity contribution in [2.24, 2.45) is 0 Å². The first-order valence-electron chi connectivity index (χ1n) is 8.84. The predicted octanol–water partition coefficient (Wildman–Crippen LogP) is 4.59. The van der Waals surface area contributed by atoms with Gasteiger partial charge in [0, 0.05) is 11.6 Å². The number of aromatic nitrogens is 3. The van der Waals surface area contributed by atoms with Gasteiger partial charge in [0.05, 0.1) is 15.9 Å². The average molecular weight is 419 g/mol. The molecule has 0 aliphatic carbocycles. The molecule has 8 heteroatoms. The van der Waals surface area contributed by atoms with Crippen molar-refractivity contribution in [2.75, 3.05) is 5.32 Å². The Labute approximate surface area is 173 Å². The summed E-state index contributed by atoms with van der Waals surface area (Å²) in [4.78, 5) is 35.2. The van der Waals surface area contributed by atoms with Crippen molar-refractivity contribution < 1.29 is 4.79 Å². The number of para-hydroxylation sites is 1. The highest BCUT2D eigenvalue weighted by Crippen LogP contribution is 2.28. The lowest BCUT2D eigenvalue weighted by atomic mass is 10.2. The van der Waals surface area contributed by atoms with E-state index in [1.807, 2.05) is 60.8 Å². The highest BCUT2D eigenvalue weighted by Gasteiger charge is 2.18. The normalized spacial score (nSPS) is 11.2. The van der Waals surface area contributed by atoms with Gasteiger partial charge in [-0.25, -0.2) is 9.97 Å². The van der Waals surface area contributed by atoms with Crippen molar-refractivity contribution in [3.05, 3.63) is 81.6 Å². The van der Waals surface area contributed by atoms with E-state index in [-0.39, 0.29) is 5.56 Å². The Morgan fingerprint density at radius 3 is 2.72 bits per heavy atom. The van der Waals surface area contributed by atoms with Gasteiger partial charge in [0.25, 0.3) is 11.5 Å². The molecule has 5 aromatic rings. The van der Waals surface area contributed by atoms with Crippen LogP contribution in [0.4, 0.5) is 5.13 Å². The number of nitrogens with one attached hydrogen (secondary N) is 1. The second-order valence-electron chi connectivity index (χ2n) is 6.48. The number of rotatable bonds is 3. The van der Waals surface area contributed by atoms with E-state index in [9.17, 15) is 9.59 Å².